The summed E-state index contributed by atoms with van der Waals surface area (Å²) < 4.78 is 0. The minimum Gasteiger partial charge on any atom is -0.327 e. The van der Waals surface area contributed by atoms with Crippen LogP contribution in [0.4, 0.5) is 0 Å². The van der Waals surface area contributed by atoms with Crippen LogP contribution in [0.25, 0.3) is 0 Å². The number of nitrogens with one attached hydrogen (secondary N) is 1. The molecule has 2 amide bonds. The Hall–Kier alpha value is -0.550. The summed E-state index contributed by atoms with van der Waals surface area (Å²) in [5.74, 6) is 0.360. The summed E-state index contributed by atoms with van der Waals surface area (Å²) in [5, 5.41) is 2.03. The molecule has 1 aliphatic rings. The van der Waals surface area contributed by atoms with Crippen molar-refractivity contribution in [3.8, 4) is 0 Å². The fraction of sp³-hybridized carbons (Fsp3) is 0.714. The first kappa shape index (κ1) is 9.54. The Kier molecular flexibility index (Phi) is 3.11. The standard InChI is InChI=1S/C7H12N2O2S/c1-4(8)3-12-5-2-6(10)9-7(5)11/h4-5H,2-3,8H2,1H3,(H,9,10,11). The number of hydrogen-bond donors (Lipinski definition) is 2. The van der Waals surface area contributed by atoms with Gasteiger partial charge in [-0.15, -0.1) is 11.8 Å². The SMILES string of the molecule is CC(N)CSC1CC(=O)NC1=O. The number of rotatable bonds is 3. The molecule has 0 aromatic carbocycles. The van der Waals surface area contributed by atoms with E-state index in [4.69, 9.17) is 5.73 Å². The highest BCUT2D eigenvalue weighted by Gasteiger charge is 2.30. The molecule has 0 spiro atoms. The van der Waals surface area contributed by atoms with E-state index in [0.29, 0.717) is 12.2 Å². The summed E-state index contributed by atoms with van der Waals surface area (Å²) in [4.78, 5) is 21.7. The lowest BCUT2D eigenvalue weighted by molar-refractivity contribution is -0.124. The van der Waals surface area contributed by atoms with Crippen LogP contribution in [0, 0.1) is 0 Å². The van der Waals surface area contributed by atoms with E-state index in [-0.39, 0.29) is 23.1 Å². The van der Waals surface area contributed by atoms with E-state index in [1.54, 1.807) is 0 Å². The Balaban J connectivity index is 2.33. The second kappa shape index (κ2) is 3.91. The second-order valence-electron chi connectivity index (χ2n) is 2.92. The highest BCUT2D eigenvalue weighted by atomic mass is 32.2. The minimum absolute atomic E-state index is 0.0681. The Bertz CT molecular complexity index is 206. The molecule has 4 nitrogen and oxygen atoms in total. The second-order valence-corrected chi connectivity index (χ2v) is 4.15. The van der Waals surface area contributed by atoms with Crippen molar-refractivity contribution in [1.82, 2.24) is 5.32 Å². The van der Waals surface area contributed by atoms with E-state index in [1.807, 2.05) is 6.92 Å². The predicted molar refractivity (Wildman–Crippen MR) is 47.7 cm³/mol. The van der Waals surface area contributed by atoms with Crippen LogP contribution in [-0.4, -0.2) is 28.9 Å². The number of hydrogen-bond acceptors (Lipinski definition) is 4. The first-order chi connectivity index (χ1) is 5.59. The molecule has 0 aliphatic carbocycles. The van der Waals surface area contributed by atoms with Crippen molar-refractivity contribution in [2.24, 2.45) is 5.73 Å². The fourth-order valence-electron chi connectivity index (χ4n) is 0.933. The Morgan fingerprint density at radius 3 is 2.83 bits per heavy atom. The number of imide groups is 1. The quantitative estimate of drug-likeness (QED) is 0.585. The number of nitrogens with two attached hydrogens (primary N) is 1. The molecule has 1 aliphatic heterocycles. The Labute approximate surface area is 75.3 Å². The molecule has 0 aromatic rings. The van der Waals surface area contributed by atoms with Crippen molar-refractivity contribution in [3.63, 3.8) is 0 Å². The third kappa shape index (κ3) is 2.49. The Morgan fingerprint density at radius 1 is 1.75 bits per heavy atom. The normalized spacial score (nSPS) is 25.7. The average Bonchev–Trinajstić information content (AvgIpc) is 2.26. The van der Waals surface area contributed by atoms with Crippen LogP contribution in [0.3, 0.4) is 0 Å². The predicted octanol–water partition coefficient (Wildman–Crippen LogP) is -0.518. The van der Waals surface area contributed by atoms with Gasteiger partial charge in [0.15, 0.2) is 0 Å². The summed E-state index contributed by atoms with van der Waals surface area (Å²) in [6, 6.07) is 0.0681. The van der Waals surface area contributed by atoms with E-state index in [2.05, 4.69) is 5.32 Å². The third-order valence-electron chi connectivity index (χ3n) is 1.49. The molecule has 1 fully saturated rings. The first-order valence-electron chi connectivity index (χ1n) is 3.80. The molecule has 0 aromatic heterocycles. The molecule has 0 saturated carbocycles. The molecule has 0 bridgehead atoms. The zero-order valence-electron chi connectivity index (χ0n) is 6.87. The summed E-state index contributed by atoms with van der Waals surface area (Å²) in [6.07, 6.45) is 0.302. The van der Waals surface area contributed by atoms with Crippen molar-refractivity contribution in [2.45, 2.75) is 24.6 Å². The molecule has 0 radical (unpaired) electrons. The molecule has 2 unspecified atom stereocenters. The van der Waals surface area contributed by atoms with Crippen LogP contribution in [-0.2, 0) is 9.59 Å². The lowest BCUT2D eigenvalue weighted by atomic mass is 10.3. The molecule has 1 heterocycles. The maximum absolute atomic E-state index is 11.0. The maximum Gasteiger partial charge on any atom is 0.240 e. The van der Waals surface area contributed by atoms with E-state index in [1.165, 1.54) is 11.8 Å². The zero-order valence-corrected chi connectivity index (χ0v) is 7.69. The highest BCUT2D eigenvalue weighted by molar-refractivity contribution is 8.00. The number of thioether (sulfide) groups is 1. The molecule has 3 N–H and O–H groups in total. The largest absolute Gasteiger partial charge is 0.327 e. The topological polar surface area (TPSA) is 72.2 Å². The van der Waals surface area contributed by atoms with Crippen molar-refractivity contribution in [3.05, 3.63) is 0 Å². The van der Waals surface area contributed by atoms with Gasteiger partial charge in [-0.1, -0.05) is 0 Å². The van der Waals surface area contributed by atoms with Gasteiger partial charge in [0.05, 0.1) is 5.25 Å². The highest BCUT2D eigenvalue weighted by Crippen LogP contribution is 2.19. The smallest absolute Gasteiger partial charge is 0.240 e. The van der Waals surface area contributed by atoms with Gasteiger partial charge in [0.25, 0.3) is 0 Å². The van der Waals surface area contributed by atoms with E-state index >= 15 is 0 Å². The summed E-state index contributed by atoms with van der Waals surface area (Å²) in [6.45, 7) is 1.88. The maximum atomic E-state index is 11.0. The average molecular weight is 188 g/mol. The zero-order chi connectivity index (χ0) is 9.14. The van der Waals surface area contributed by atoms with Gasteiger partial charge in [0, 0.05) is 18.2 Å². The summed E-state index contributed by atoms with van der Waals surface area (Å²) in [5.41, 5.74) is 5.51. The van der Waals surface area contributed by atoms with Gasteiger partial charge in [0.2, 0.25) is 11.8 Å². The molecular formula is C7H12N2O2S. The van der Waals surface area contributed by atoms with Gasteiger partial charge in [-0.05, 0) is 6.92 Å². The van der Waals surface area contributed by atoms with Crippen LogP contribution in [0.15, 0.2) is 0 Å². The van der Waals surface area contributed by atoms with Gasteiger partial charge in [-0.25, -0.2) is 0 Å². The molecule has 5 heteroatoms. The van der Waals surface area contributed by atoms with E-state index < -0.39 is 0 Å². The molecule has 1 rings (SSSR count). The van der Waals surface area contributed by atoms with Crippen LogP contribution in [0.2, 0.25) is 0 Å². The van der Waals surface area contributed by atoms with Crippen LogP contribution in [0.5, 0.6) is 0 Å². The van der Waals surface area contributed by atoms with E-state index in [0.717, 1.165) is 0 Å². The Morgan fingerprint density at radius 2 is 2.42 bits per heavy atom. The van der Waals surface area contributed by atoms with Crippen molar-refractivity contribution >= 4 is 23.6 Å². The molecule has 68 valence electrons. The molecular weight excluding hydrogens is 176 g/mol. The number of carbonyl (C=O) groups excluding carboxylic acids is 2. The molecule has 1 saturated heterocycles. The van der Waals surface area contributed by atoms with Gasteiger partial charge >= 0.3 is 0 Å². The van der Waals surface area contributed by atoms with Gasteiger partial charge in [-0.3, -0.25) is 14.9 Å². The minimum atomic E-state index is -0.219. The van der Waals surface area contributed by atoms with Gasteiger partial charge < -0.3 is 5.73 Å². The van der Waals surface area contributed by atoms with Crippen molar-refractivity contribution in [2.75, 3.05) is 5.75 Å². The van der Waals surface area contributed by atoms with Gasteiger partial charge in [0.1, 0.15) is 0 Å². The van der Waals surface area contributed by atoms with Crippen LogP contribution < -0.4 is 11.1 Å². The van der Waals surface area contributed by atoms with E-state index in [9.17, 15) is 9.59 Å². The van der Waals surface area contributed by atoms with Crippen LogP contribution >= 0.6 is 11.8 Å². The van der Waals surface area contributed by atoms with Gasteiger partial charge in [-0.2, -0.15) is 0 Å². The lowest BCUT2D eigenvalue weighted by Crippen LogP contribution is -2.25. The molecule has 12 heavy (non-hydrogen) atoms. The number of amides is 2. The van der Waals surface area contributed by atoms with Crippen molar-refractivity contribution < 1.29 is 9.59 Å². The number of carbonyl (C=O) groups is 2. The third-order valence-corrected chi connectivity index (χ3v) is 2.99. The summed E-state index contributed by atoms with van der Waals surface area (Å²) >= 11 is 1.45. The summed E-state index contributed by atoms with van der Waals surface area (Å²) in [7, 11) is 0. The fourth-order valence-corrected chi connectivity index (χ4v) is 1.95. The lowest BCUT2D eigenvalue weighted by Gasteiger charge is -2.07. The van der Waals surface area contributed by atoms with Crippen LogP contribution in [0.1, 0.15) is 13.3 Å². The monoisotopic (exact) mass is 188 g/mol. The molecule has 2 atom stereocenters. The first-order valence-corrected chi connectivity index (χ1v) is 4.85. The van der Waals surface area contributed by atoms with Crippen molar-refractivity contribution in [1.29, 1.82) is 0 Å².